The van der Waals surface area contributed by atoms with Gasteiger partial charge < -0.3 is 5.32 Å². The molecule has 16 heavy (non-hydrogen) atoms. The van der Waals surface area contributed by atoms with Crippen LogP contribution < -0.4 is 5.32 Å². The maximum atomic E-state index is 11.0. The second-order valence-electron chi connectivity index (χ2n) is 3.84. The Labute approximate surface area is 102 Å². The maximum absolute atomic E-state index is 11.0. The number of carbonyl (C=O) groups excluding carboxylic acids is 1. The van der Waals surface area contributed by atoms with Crippen LogP contribution in [-0.4, -0.2) is 11.8 Å². The largest absolute Gasteiger partial charge is 0.325 e. The van der Waals surface area contributed by atoms with E-state index in [1.807, 2.05) is 12.1 Å². The van der Waals surface area contributed by atoms with Gasteiger partial charge in [0.1, 0.15) is 5.88 Å². The summed E-state index contributed by atoms with van der Waals surface area (Å²) < 4.78 is 0. The Morgan fingerprint density at radius 3 is 2.50 bits per heavy atom. The van der Waals surface area contributed by atoms with Crippen LogP contribution in [0.2, 0.25) is 0 Å². The first-order chi connectivity index (χ1) is 7.76. The lowest BCUT2D eigenvalue weighted by Gasteiger charge is -2.04. The van der Waals surface area contributed by atoms with Gasteiger partial charge in [0, 0.05) is 5.69 Å². The lowest BCUT2D eigenvalue weighted by Crippen LogP contribution is -2.12. The molecule has 0 heterocycles. The van der Waals surface area contributed by atoms with Crippen LogP contribution in [0, 0.1) is 0 Å². The third-order valence-corrected chi connectivity index (χ3v) is 2.67. The minimum atomic E-state index is -0.166. The molecular formula is C13H18ClNO. The Morgan fingerprint density at radius 2 is 1.94 bits per heavy atom. The van der Waals surface area contributed by atoms with Gasteiger partial charge in [-0.05, 0) is 30.5 Å². The highest BCUT2D eigenvalue weighted by atomic mass is 35.5. The summed E-state index contributed by atoms with van der Waals surface area (Å²) in [5.41, 5.74) is 2.13. The highest BCUT2D eigenvalue weighted by Gasteiger charge is 1.99. The summed E-state index contributed by atoms with van der Waals surface area (Å²) in [7, 11) is 0. The number of anilines is 1. The van der Waals surface area contributed by atoms with E-state index in [1.165, 1.54) is 24.8 Å². The first-order valence-corrected chi connectivity index (χ1v) is 6.24. The Hall–Kier alpha value is -1.02. The van der Waals surface area contributed by atoms with E-state index < -0.39 is 0 Å². The monoisotopic (exact) mass is 239 g/mol. The van der Waals surface area contributed by atoms with E-state index in [2.05, 4.69) is 24.4 Å². The summed E-state index contributed by atoms with van der Waals surface area (Å²) >= 11 is 5.41. The lowest BCUT2D eigenvalue weighted by molar-refractivity contribution is -0.113. The van der Waals surface area contributed by atoms with Crippen LogP contribution in [0.25, 0.3) is 0 Å². The zero-order valence-corrected chi connectivity index (χ0v) is 10.4. The number of amides is 1. The van der Waals surface area contributed by atoms with E-state index in [0.29, 0.717) is 0 Å². The summed E-state index contributed by atoms with van der Waals surface area (Å²) in [6.45, 7) is 2.20. The molecule has 1 N–H and O–H groups in total. The zero-order chi connectivity index (χ0) is 11.8. The van der Waals surface area contributed by atoms with Crippen molar-refractivity contribution in [3.8, 4) is 0 Å². The summed E-state index contributed by atoms with van der Waals surface area (Å²) in [5, 5.41) is 2.72. The molecule has 0 aliphatic carbocycles. The van der Waals surface area contributed by atoms with E-state index >= 15 is 0 Å². The molecule has 2 nitrogen and oxygen atoms in total. The van der Waals surface area contributed by atoms with Crippen LogP contribution in [0.4, 0.5) is 5.69 Å². The zero-order valence-electron chi connectivity index (χ0n) is 9.63. The van der Waals surface area contributed by atoms with Gasteiger partial charge in [0.05, 0.1) is 0 Å². The number of alkyl halides is 1. The molecule has 1 aromatic rings. The number of unbranched alkanes of at least 4 members (excludes halogenated alkanes) is 2. The Bertz CT molecular complexity index is 321. The van der Waals surface area contributed by atoms with Crippen molar-refractivity contribution in [2.45, 2.75) is 32.6 Å². The van der Waals surface area contributed by atoms with E-state index in [0.717, 1.165) is 12.1 Å². The molecule has 0 bridgehead atoms. The van der Waals surface area contributed by atoms with Gasteiger partial charge in [0.2, 0.25) is 5.91 Å². The number of aryl methyl sites for hydroxylation is 1. The van der Waals surface area contributed by atoms with Crippen molar-refractivity contribution in [2.75, 3.05) is 11.2 Å². The number of carbonyl (C=O) groups is 1. The molecule has 0 aliphatic rings. The molecule has 0 spiro atoms. The normalized spacial score (nSPS) is 10.1. The predicted octanol–water partition coefficient (Wildman–Crippen LogP) is 3.60. The Kier molecular flexibility index (Phi) is 5.94. The first kappa shape index (κ1) is 13.0. The molecule has 0 fully saturated rings. The van der Waals surface area contributed by atoms with Crippen molar-refractivity contribution < 1.29 is 4.79 Å². The molecule has 0 saturated heterocycles. The number of hydrogen-bond acceptors (Lipinski definition) is 1. The van der Waals surface area contributed by atoms with Gasteiger partial charge in [-0.3, -0.25) is 4.79 Å². The molecule has 0 aliphatic heterocycles. The third-order valence-electron chi connectivity index (χ3n) is 2.43. The molecule has 0 saturated carbocycles. The number of rotatable bonds is 6. The Balaban J connectivity index is 2.44. The van der Waals surface area contributed by atoms with Crippen molar-refractivity contribution in [3.05, 3.63) is 29.8 Å². The van der Waals surface area contributed by atoms with Gasteiger partial charge >= 0.3 is 0 Å². The van der Waals surface area contributed by atoms with Gasteiger partial charge in [-0.1, -0.05) is 31.9 Å². The van der Waals surface area contributed by atoms with Crippen molar-refractivity contribution in [1.29, 1.82) is 0 Å². The lowest BCUT2D eigenvalue weighted by atomic mass is 10.1. The summed E-state index contributed by atoms with van der Waals surface area (Å²) in [6.07, 6.45) is 4.84. The van der Waals surface area contributed by atoms with E-state index in [4.69, 9.17) is 11.6 Å². The molecule has 0 unspecified atom stereocenters. The quantitative estimate of drug-likeness (QED) is 0.597. The second-order valence-corrected chi connectivity index (χ2v) is 4.10. The van der Waals surface area contributed by atoms with E-state index in [9.17, 15) is 4.79 Å². The van der Waals surface area contributed by atoms with Crippen LogP contribution >= 0.6 is 11.6 Å². The number of nitrogens with one attached hydrogen (secondary N) is 1. The molecule has 0 atom stereocenters. The highest BCUT2D eigenvalue weighted by Crippen LogP contribution is 2.12. The van der Waals surface area contributed by atoms with Crippen LogP contribution in [0.3, 0.4) is 0 Å². The average molecular weight is 240 g/mol. The molecule has 3 heteroatoms. The highest BCUT2D eigenvalue weighted by molar-refractivity contribution is 6.29. The number of hydrogen-bond donors (Lipinski definition) is 1. The smallest absolute Gasteiger partial charge is 0.239 e. The number of halogens is 1. The predicted molar refractivity (Wildman–Crippen MR) is 69.0 cm³/mol. The molecule has 1 aromatic carbocycles. The van der Waals surface area contributed by atoms with Gasteiger partial charge in [0.25, 0.3) is 0 Å². The maximum Gasteiger partial charge on any atom is 0.239 e. The van der Waals surface area contributed by atoms with E-state index in [1.54, 1.807) is 0 Å². The van der Waals surface area contributed by atoms with Crippen LogP contribution in [0.5, 0.6) is 0 Å². The van der Waals surface area contributed by atoms with Crippen molar-refractivity contribution in [3.63, 3.8) is 0 Å². The topological polar surface area (TPSA) is 29.1 Å². The third kappa shape index (κ3) is 4.67. The summed E-state index contributed by atoms with van der Waals surface area (Å²) in [4.78, 5) is 11.0. The van der Waals surface area contributed by atoms with Gasteiger partial charge in [-0.2, -0.15) is 0 Å². The molecule has 0 radical (unpaired) electrons. The van der Waals surface area contributed by atoms with Crippen LogP contribution in [0.1, 0.15) is 31.7 Å². The fraction of sp³-hybridized carbons (Fsp3) is 0.462. The van der Waals surface area contributed by atoms with Crippen LogP contribution in [0.15, 0.2) is 24.3 Å². The summed E-state index contributed by atoms with van der Waals surface area (Å²) in [5.74, 6) is -0.168. The van der Waals surface area contributed by atoms with Gasteiger partial charge in [0.15, 0.2) is 0 Å². The van der Waals surface area contributed by atoms with E-state index in [-0.39, 0.29) is 11.8 Å². The second kappa shape index (κ2) is 7.29. The minimum absolute atomic E-state index is 0.00173. The molecule has 1 amide bonds. The van der Waals surface area contributed by atoms with Gasteiger partial charge in [-0.15, -0.1) is 11.6 Å². The van der Waals surface area contributed by atoms with Gasteiger partial charge in [-0.25, -0.2) is 0 Å². The molecule has 1 rings (SSSR count). The summed E-state index contributed by atoms with van der Waals surface area (Å²) in [6, 6.07) is 7.95. The Morgan fingerprint density at radius 1 is 1.25 bits per heavy atom. The minimum Gasteiger partial charge on any atom is -0.325 e. The SMILES string of the molecule is CCCCCc1ccc(NC(=O)CCl)cc1. The number of benzene rings is 1. The van der Waals surface area contributed by atoms with Crippen molar-refractivity contribution in [2.24, 2.45) is 0 Å². The van der Waals surface area contributed by atoms with Crippen LogP contribution in [-0.2, 0) is 11.2 Å². The standard InChI is InChI=1S/C13H18ClNO/c1-2-3-4-5-11-6-8-12(9-7-11)15-13(16)10-14/h6-9H,2-5,10H2,1H3,(H,15,16). The molecule has 0 aromatic heterocycles. The molecular weight excluding hydrogens is 222 g/mol. The van der Waals surface area contributed by atoms with Crippen molar-refractivity contribution in [1.82, 2.24) is 0 Å². The average Bonchev–Trinajstić information content (AvgIpc) is 2.31. The fourth-order valence-electron chi connectivity index (χ4n) is 1.53. The first-order valence-electron chi connectivity index (χ1n) is 5.71. The van der Waals surface area contributed by atoms with Crippen molar-refractivity contribution >= 4 is 23.2 Å². The molecule has 88 valence electrons. The fourth-order valence-corrected chi connectivity index (χ4v) is 1.60.